The van der Waals surface area contributed by atoms with Gasteiger partial charge in [-0.1, -0.05) is 97.1 Å². The van der Waals surface area contributed by atoms with Crippen LogP contribution in [0, 0.1) is 0 Å². The zero-order valence-electron chi connectivity index (χ0n) is 25.6. The third-order valence-corrected chi connectivity index (χ3v) is 9.20. The summed E-state index contributed by atoms with van der Waals surface area (Å²) in [6.45, 7) is 0. The van der Waals surface area contributed by atoms with E-state index in [0.29, 0.717) is 17.3 Å². The molecule has 48 heavy (non-hydrogen) atoms. The van der Waals surface area contributed by atoms with Crippen LogP contribution in [0.15, 0.2) is 165 Å². The van der Waals surface area contributed by atoms with E-state index in [1.54, 1.807) is 6.20 Å². The molecule has 226 valence electrons. The molecule has 4 heterocycles. The van der Waals surface area contributed by atoms with Crippen molar-refractivity contribution < 1.29 is 8.83 Å². The number of pyridine rings is 1. The first kappa shape index (κ1) is 26.7. The van der Waals surface area contributed by atoms with Crippen LogP contribution in [-0.2, 0) is 0 Å². The number of benzene rings is 6. The molecule has 1 unspecified atom stereocenters. The van der Waals surface area contributed by atoms with E-state index in [2.05, 4.69) is 96.3 Å². The first-order chi connectivity index (χ1) is 23.8. The van der Waals surface area contributed by atoms with Crippen LogP contribution in [0.3, 0.4) is 0 Å². The molecule has 6 heteroatoms. The van der Waals surface area contributed by atoms with Crippen molar-refractivity contribution in [2.24, 2.45) is 9.98 Å². The average Bonchev–Trinajstić information content (AvgIpc) is 3.74. The van der Waals surface area contributed by atoms with Crippen LogP contribution in [0.1, 0.15) is 22.9 Å². The molecule has 0 aliphatic carbocycles. The van der Waals surface area contributed by atoms with Crippen LogP contribution in [-0.4, -0.2) is 16.7 Å². The number of nitrogens with one attached hydrogen (secondary N) is 1. The number of fused-ring (bicyclic) bond motifs is 7. The maximum Gasteiger partial charge on any atom is 0.160 e. The standard InChI is InChI=1S/C42H26N4O2/c1-2-11-26(12-3-1)40-44-41(46-42(45-40)33-16-8-15-31-30-14-6-7-17-34(30)47-38(31)33)32-22-21-29(28-20-19-25-10-4-5-13-27(25)24-28)39-36(32)37-35(48-39)18-9-23-43-37/h1-24,40H,(H,44,45,46). The molecule has 9 aromatic rings. The first-order valence-corrected chi connectivity index (χ1v) is 16.0. The lowest BCUT2D eigenvalue weighted by Crippen LogP contribution is -2.33. The summed E-state index contributed by atoms with van der Waals surface area (Å²) >= 11 is 0. The molecule has 0 saturated heterocycles. The van der Waals surface area contributed by atoms with E-state index in [0.717, 1.165) is 66.2 Å². The van der Waals surface area contributed by atoms with Crippen LogP contribution in [0.25, 0.3) is 65.9 Å². The van der Waals surface area contributed by atoms with Crippen molar-refractivity contribution in [1.82, 2.24) is 10.3 Å². The lowest BCUT2D eigenvalue weighted by molar-refractivity contribution is 0.659. The predicted molar refractivity (Wildman–Crippen MR) is 194 cm³/mol. The van der Waals surface area contributed by atoms with E-state index >= 15 is 0 Å². The fraction of sp³-hybridized carbons (Fsp3) is 0.0238. The summed E-state index contributed by atoms with van der Waals surface area (Å²) in [5.74, 6) is 1.28. The van der Waals surface area contributed by atoms with Crippen molar-refractivity contribution in [2.75, 3.05) is 0 Å². The molecule has 0 fully saturated rings. The van der Waals surface area contributed by atoms with Gasteiger partial charge in [-0.05, 0) is 64.4 Å². The van der Waals surface area contributed by atoms with Crippen molar-refractivity contribution in [3.8, 4) is 11.1 Å². The summed E-state index contributed by atoms with van der Waals surface area (Å²) in [7, 11) is 0. The number of hydrogen-bond acceptors (Lipinski definition) is 6. The Morgan fingerprint density at radius 2 is 1.33 bits per heavy atom. The Morgan fingerprint density at radius 1 is 0.562 bits per heavy atom. The van der Waals surface area contributed by atoms with Crippen LogP contribution >= 0.6 is 0 Å². The van der Waals surface area contributed by atoms with Crippen LogP contribution in [0.4, 0.5) is 0 Å². The van der Waals surface area contributed by atoms with Gasteiger partial charge in [0.15, 0.2) is 11.4 Å². The smallest absolute Gasteiger partial charge is 0.160 e. The largest absolute Gasteiger partial charge is 0.455 e. The molecule has 1 aliphatic heterocycles. The normalized spacial score (nSPS) is 14.9. The van der Waals surface area contributed by atoms with E-state index in [4.69, 9.17) is 23.8 Å². The number of nitrogens with zero attached hydrogens (tertiary/aromatic N) is 3. The molecule has 1 aliphatic rings. The summed E-state index contributed by atoms with van der Waals surface area (Å²) in [5, 5.41) is 8.98. The maximum atomic E-state index is 6.60. The van der Waals surface area contributed by atoms with Gasteiger partial charge >= 0.3 is 0 Å². The minimum Gasteiger partial charge on any atom is -0.455 e. The Hall–Kier alpha value is -6.53. The second kappa shape index (κ2) is 10.5. The summed E-state index contributed by atoms with van der Waals surface area (Å²) in [6, 6.07) is 47.5. The Labute approximate surface area is 274 Å². The van der Waals surface area contributed by atoms with Crippen LogP contribution in [0.5, 0.6) is 0 Å². The van der Waals surface area contributed by atoms with Gasteiger partial charge in [-0.25, -0.2) is 9.98 Å². The van der Waals surface area contributed by atoms with Crippen LogP contribution < -0.4 is 5.32 Å². The van der Waals surface area contributed by atoms with Gasteiger partial charge in [0.1, 0.15) is 34.3 Å². The Balaban J connectivity index is 1.21. The minimum atomic E-state index is -0.380. The molecule has 1 N–H and O–H groups in total. The second-order valence-electron chi connectivity index (χ2n) is 12.0. The molecule has 0 amide bonds. The Morgan fingerprint density at radius 3 is 2.27 bits per heavy atom. The number of aromatic nitrogens is 1. The van der Waals surface area contributed by atoms with E-state index in [1.165, 1.54) is 10.8 Å². The third kappa shape index (κ3) is 4.16. The molecule has 1 atom stereocenters. The molecule has 0 radical (unpaired) electrons. The highest BCUT2D eigenvalue weighted by Gasteiger charge is 2.27. The summed E-state index contributed by atoms with van der Waals surface area (Å²) in [6.07, 6.45) is 1.42. The van der Waals surface area contributed by atoms with E-state index in [1.807, 2.05) is 48.5 Å². The number of aliphatic imine (C=N–C) groups is 2. The molecule has 6 aromatic carbocycles. The summed E-state index contributed by atoms with van der Waals surface area (Å²) < 4.78 is 13.0. The molecule has 6 nitrogen and oxygen atoms in total. The van der Waals surface area contributed by atoms with Crippen molar-refractivity contribution >= 4 is 66.5 Å². The van der Waals surface area contributed by atoms with Gasteiger partial charge in [-0.15, -0.1) is 0 Å². The number of para-hydroxylation sites is 2. The summed E-state index contributed by atoms with van der Waals surface area (Å²) in [4.78, 5) is 15.2. The fourth-order valence-corrected chi connectivity index (χ4v) is 6.91. The maximum absolute atomic E-state index is 6.60. The Kier molecular flexibility index (Phi) is 5.84. The van der Waals surface area contributed by atoms with Crippen molar-refractivity contribution in [2.45, 2.75) is 6.17 Å². The number of amidine groups is 2. The topological polar surface area (TPSA) is 75.9 Å². The second-order valence-corrected chi connectivity index (χ2v) is 12.0. The molecule has 0 bridgehead atoms. The van der Waals surface area contributed by atoms with E-state index in [-0.39, 0.29) is 6.17 Å². The zero-order valence-corrected chi connectivity index (χ0v) is 25.6. The SMILES string of the molecule is c1ccc(C2N=C(c3ccc(-c4ccc5ccccc5c4)c4oc5cccnc5c34)N=C(c3cccc4c3oc3ccccc34)N2)cc1. The molecular formula is C42H26N4O2. The lowest BCUT2D eigenvalue weighted by atomic mass is 9.97. The van der Waals surface area contributed by atoms with Crippen molar-refractivity contribution in [1.29, 1.82) is 0 Å². The predicted octanol–water partition coefficient (Wildman–Crippen LogP) is 10.2. The van der Waals surface area contributed by atoms with E-state index < -0.39 is 0 Å². The molecule has 0 saturated carbocycles. The van der Waals surface area contributed by atoms with Gasteiger partial charge in [-0.2, -0.15) is 0 Å². The third-order valence-electron chi connectivity index (χ3n) is 9.20. The molecule has 3 aromatic heterocycles. The lowest BCUT2D eigenvalue weighted by Gasteiger charge is -2.24. The Bertz CT molecular complexity index is 2770. The number of rotatable bonds is 4. The van der Waals surface area contributed by atoms with Gasteiger partial charge in [-0.3, -0.25) is 4.98 Å². The highest BCUT2D eigenvalue weighted by Crippen LogP contribution is 2.39. The highest BCUT2D eigenvalue weighted by atomic mass is 16.3. The fourth-order valence-electron chi connectivity index (χ4n) is 6.91. The highest BCUT2D eigenvalue weighted by molar-refractivity contribution is 6.24. The van der Waals surface area contributed by atoms with Gasteiger partial charge < -0.3 is 14.2 Å². The molecule has 0 spiro atoms. The average molecular weight is 619 g/mol. The van der Waals surface area contributed by atoms with Crippen LogP contribution in [0.2, 0.25) is 0 Å². The monoisotopic (exact) mass is 618 g/mol. The molecular weight excluding hydrogens is 592 g/mol. The van der Waals surface area contributed by atoms with Crippen molar-refractivity contribution in [3.05, 3.63) is 162 Å². The van der Waals surface area contributed by atoms with Crippen molar-refractivity contribution in [3.63, 3.8) is 0 Å². The number of hydrogen-bond donors (Lipinski definition) is 1. The quantitative estimate of drug-likeness (QED) is 0.213. The minimum absolute atomic E-state index is 0.380. The summed E-state index contributed by atoms with van der Waals surface area (Å²) in [5.41, 5.74) is 8.67. The van der Waals surface area contributed by atoms with Gasteiger partial charge in [0.05, 0.1) is 10.9 Å². The molecule has 10 rings (SSSR count). The van der Waals surface area contributed by atoms with Gasteiger partial charge in [0, 0.05) is 28.1 Å². The van der Waals surface area contributed by atoms with E-state index in [9.17, 15) is 0 Å². The first-order valence-electron chi connectivity index (χ1n) is 16.0. The number of furan rings is 2. The van der Waals surface area contributed by atoms with Gasteiger partial charge in [0.25, 0.3) is 0 Å². The zero-order chi connectivity index (χ0) is 31.6. The van der Waals surface area contributed by atoms with Gasteiger partial charge in [0.2, 0.25) is 0 Å².